The first-order valence-electron chi connectivity index (χ1n) is 10.1. The summed E-state index contributed by atoms with van der Waals surface area (Å²) in [5.41, 5.74) is 4.76. The predicted octanol–water partition coefficient (Wildman–Crippen LogP) is 2.14. The van der Waals surface area contributed by atoms with Crippen molar-refractivity contribution in [3.8, 4) is 0 Å². The lowest BCUT2D eigenvalue weighted by atomic mass is 9.89. The van der Waals surface area contributed by atoms with Gasteiger partial charge >= 0.3 is 0 Å². The number of ether oxygens (including phenoxy) is 1. The molecule has 2 fully saturated rings. The zero-order chi connectivity index (χ0) is 18.4. The molecule has 5 rings (SSSR count). The number of rotatable bonds is 3. The molecule has 142 valence electrons. The number of nitrogens with zero attached hydrogens (tertiary/aromatic N) is 3. The number of hydrogen-bond acceptors (Lipinski definition) is 5. The Morgan fingerprint density at radius 3 is 2.78 bits per heavy atom. The molecule has 6 heteroatoms. The first-order chi connectivity index (χ1) is 13.2. The van der Waals surface area contributed by atoms with E-state index in [0.717, 1.165) is 43.6 Å². The molecule has 1 N–H and O–H groups in total. The maximum absolute atomic E-state index is 12.9. The number of piperidine rings is 1. The summed E-state index contributed by atoms with van der Waals surface area (Å²) in [6, 6.07) is 1.46. The van der Waals surface area contributed by atoms with Gasteiger partial charge in [0.1, 0.15) is 0 Å². The topological polar surface area (TPSA) is 66.3 Å². The summed E-state index contributed by atoms with van der Waals surface area (Å²) >= 11 is 0. The monoisotopic (exact) mass is 366 g/mol. The second-order valence-corrected chi connectivity index (χ2v) is 8.16. The van der Waals surface area contributed by atoms with Crippen LogP contribution in [0.1, 0.15) is 38.5 Å². The smallest absolute Gasteiger partial charge is 0.272 e. The van der Waals surface area contributed by atoms with Crippen LogP contribution in [0.2, 0.25) is 0 Å². The van der Waals surface area contributed by atoms with Crippen LogP contribution in [0.25, 0.3) is 0 Å². The van der Waals surface area contributed by atoms with Gasteiger partial charge in [0, 0.05) is 30.1 Å². The van der Waals surface area contributed by atoms with Gasteiger partial charge in [-0.05, 0) is 56.4 Å². The number of amides is 1. The summed E-state index contributed by atoms with van der Waals surface area (Å²) in [4.78, 5) is 15.4. The second-order valence-electron chi connectivity index (χ2n) is 8.16. The van der Waals surface area contributed by atoms with E-state index in [1.165, 1.54) is 24.0 Å². The molecule has 0 saturated carbocycles. The summed E-state index contributed by atoms with van der Waals surface area (Å²) in [6.07, 6.45) is 12.6. The van der Waals surface area contributed by atoms with Gasteiger partial charge in [0.2, 0.25) is 0 Å². The largest absolute Gasteiger partial charge is 0.377 e. The minimum atomic E-state index is -0.0730. The van der Waals surface area contributed by atoms with Gasteiger partial charge in [-0.3, -0.25) is 4.79 Å². The molecule has 0 aromatic heterocycles. The lowest BCUT2D eigenvalue weighted by Crippen LogP contribution is -2.50. The van der Waals surface area contributed by atoms with Crippen molar-refractivity contribution in [3.63, 3.8) is 0 Å². The van der Waals surface area contributed by atoms with Crippen molar-refractivity contribution in [2.24, 2.45) is 10.2 Å². The van der Waals surface area contributed by atoms with Crippen molar-refractivity contribution in [1.82, 2.24) is 10.2 Å². The maximum Gasteiger partial charge on any atom is 0.272 e. The highest BCUT2D eigenvalue weighted by atomic mass is 16.5. The van der Waals surface area contributed by atoms with Gasteiger partial charge in [-0.1, -0.05) is 12.2 Å². The molecule has 1 amide bonds. The molecule has 6 nitrogen and oxygen atoms in total. The zero-order valence-corrected chi connectivity index (χ0v) is 15.8. The zero-order valence-electron chi connectivity index (χ0n) is 15.8. The molecule has 4 aliphatic heterocycles. The van der Waals surface area contributed by atoms with Crippen LogP contribution >= 0.6 is 0 Å². The van der Waals surface area contributed by atoms with Crippen molar-refractivity contribution in [1.29, 1.82) is 0 Å². The van der Waals surface area contributed by atoms with Gasteiger partial charge in [0.05, 0.1) is 18.9 Å². The number of carbonyl (C=O) groups is 1. The van der Waals surface area contributed by atoms with Crippen LogP contribution < -0.4 is 5.32 Å². The van der Waals surface area contributed by atoms with Crippen molar-refractivity contribution in [2.75, 3.05) is 20.3 Å². The van der Waals surface area contributed by atoms with Crippen molar-refractivity contribution < 1.29 is 9.53 Å². The molecule has 5 aliphatic rings. The Morgan fingerprint density at radius 2 is 2.04 bits per heavy atom. The molecule has 2 saturated heterocycles. The Labute approximate surface area is 159 Å². The Bertz CT molecular complexity index is 806. The van der Waals surface area contributed by atoms with E-state index in [9.17, 15) is 4.79 Å². The molecule has 0 aromatic rings. The third kappa shape index (κ3) is 3.11. The van der Waals surface area contributed by atoms with Gasteiger partial charge in [-0.2, -0.15) is 5.10 Å². The average Bonchev–Trinajstić information content (AvgIpc) is 3.19. The molecular formula is C21H26N4O2. The second kappa shape index (κ2) is 6.84. The summed E-state index contributed by atoms with van der Waals surface area (Å²) in [5, 5.41) is 11.7. The fraction of sp³-hybridized carbons (Fsp3) is 0.571. The third-order valence-corrected chi connectivity index (χ3v) is 6.63. The Kier molecular flexibility index (Phi) is 4.32. The molecule has 1 aliphatic carbocycles. The van der Waals surface area contributed by atoms with E-state index < -0.39 is 0 Å². The highest BCUT2D eigenvalue weighted by molar-refractivity contribution is 6.53. The van der Waals surface area contributed by atoms with Crippen LogP contribution in [-0.4, -0.2) is 60.6 Å². The van der Waals surface area contributed by atoms with Gasteiger partial charge in [0.15, 0.2) is 5.71 Å². The van der Waals surface area contributed by atoms with Crippen LogP contribution in [0.4, 0.5) is 0 Å². The Hall–Kier alpha value is -2.05. The maximum atomic E-state index is 12.9. The fourth-order valence-electron chi connectivity index (χ4n) is 5.04. The first kappa shape index (κ1) is 17.1. The highest BCUT2D eigenvalue weighted by Crippen LogP contribution is 2.34. The van der Waals surface area contributed by atoms with E-state index in [0.29, 0.717) is 24.4 Å². The molecular weight excluding hydrogens is 340 g/mol. The minimum absolute atomic E-state index is 0.0730. The Morgan fingerprint density at radius 1 is 1.22 bits per heavy atom. The van der Waals surface area contributed by atoms with E-state index in [4.69, 9.17) is 4.74 Å². The summed E-state index contributed by atoms with van der Waals surface area (Å²) in [6.45, 7) is 1.42. The summed E-state index contributed by atoms with van der Waals surface area (Å²) in [5.74, 6) is -0.0730. The summed E-state index contributed by atoms with van der Waals surface area (Å²) in [7, 11) is 2.22. The van der Waals surface area contributed by atoms with Crippen LogP contribution in [0.3, 0.4) is 0 Å². The highest BCUT2D eigenvalue weighted by Gasteiger charge is 2.39. The van der Waals surface area contributed by atoms with E-state index >= 15 is 0 Å². The quantitative estimate of drug-likeness (QED) is 0.832. The first-order valence-corrected chi connectivity index (χ1v) is 10.1. The SMILES string of the molecule is CN1C2CCC1CC(NC(=O)C1=NN=C3CC=C(C4=CCOCC4)C=C31)C2. The average molecular weight is 366 g/mol. The molecule has 2 bridgehead atoms. The standard InChI is InChI=1S/C21H26N4O2/c1-25-16-3-4-17(25)12-15(11-16)22-21(26)20-18-10-14(2-5-19(18)23-24-20)13-6-8-27-9-7-13/h2,6,10,15-17H,3-5,7-9,11-12H2,1H3,(H,22,26). The van der Waals surface area contributed by atoms with Gasteiger partial charge in [-0.25, -0.2) is 0 Å². The van der Waals surface area contributed by atoms with E-state index in [2.05, 4.69) is 45.7 Å². The van der Waals surface area contributed by atoms with Crippen LogP contribution in [-0.2, 0) is 9.53 Å². The molecule has 0 aromatic carbocycles. The molecule has 4 heterocycles. The predicted molar refractivity (Wildman–Crippen MR) is 105 cm³/mol. The van der Waals surface area contributed by atoms with Crippen LogP contribution in [0.15, 0.2) is 45.2 Å². The van der Waals surface area contributed by atoms with Crippen molar-refractivity contribution in [2.45, 2.75) is 56.7 Å². The lowest BCUT2D eigenvalue weighted by molar-refractivity contribution is -0.115. The molecule has 2 unspecified atom stereocenters. The number of fused-ring (bicyclic) bond motifs is 3. The van der Waals surface area contributed by atoms with Crippen LogP contribution in [0, 0.1) is 0 Å². The van der Waals surface area contributed by atoms with Gasteiger partial charge < -0.3 is 15.0 Å². The van der Waals surface area contributed by atoms with Crippen molar-refractivity contribution in [3.05, 3.63) is 34.9 Å². The van der Waals surface area contributed by atoms with E-state index in [1.54, 1.807) is 0 Å². The summed E-state index contributed by atoms with van der Waals surface area (Å²) < 4.78 is 5.41. The number of hydrogen-bond donors (Lipinski definition) is 1. The number of carbonyl (C=O) groups excluding carboxylic acids is 1. The van der Waals surface area contributed by atoms with Crippen LogP contribution in [0.5, 0.6) is 0 Å². The number of allylic oxidation sites excluding steroid dienone is 3. The third-order valence-electron chi connectivity index (χ3n) is 6.63. The van der Waals surface area contributed by atoms with E-state index in [1.807, 2.05) is 0 Å². The normalized spacial score (nSPS) is 32.8. The minimum Gasteiger partial charge on any atom is -0.377 e. The number of nitrogens with one attached hydrogen (secondary N) is 1. The van der Waals surface area contributed by atoms with E-state index in [-0.39, 0.29) is 11.9 Å². The molecule has 0 spiro atoms. The van der Waals surface area contributed by atoms with Gasteiger partial charge in [-0.15, -0.1) is 5.10 Å². The lowest BCUT2D eigenvalue weighted by Gasteiger charge is -2.36. The van der Waals surface area contributed by atoms with Gasteiger partial charge in [0.25, 0.3) is 5.91 Å². The fourth-order valence-corrected chi connectivity index (χ4v) is 5.04. The molecule has 0 radical (unpaired) electrons. The molecule has 2 atom stereocenters. The molecule has 27 heavy (non-hydrogen) atoms. The Balaban J connectivity index is 1.29. The van der Waals surface area contributed by atoms with Crippen molar-refractivity contribution >= 4 is 17.3 Å².